The number of hydrogen-bond acceptors (Lipinski definition) is 5. The van der Waals surface area contributed by atoms with Crippen LogP contribution in [0.5, 0.6) is 0 Å². The second kappa shape index (κ2) is 6.38. The van der Waals surface area contributed by atoms with Crippen molar-refractivity contribution in [1.82, 2.24) is 4.98 Å². The zero-order valence-electron chi connectivity index (χ0n) is 13.1. The Balaban J connectivity index is 1.61. The highest BCUT2D eigenvalue weighted by molar-refractivity contribution is 5.79. The first kappa shape index (κ1) is 14.9. The van der Waals surface area contributed by atoms with Gasteiger partial charge < -0.3 is 14.5 Å². The smallest absolute Gasteiger partial charge is 0.328 e. The lowest BCUT2D eigenvalue weighted by Crippen LogP contribution is -2.32. The van der Waals surface area contributed by atoms with Gasteiger partial charge in [-0.3, -0.25) is 0 Å². The Kier molecular flexibility index (Phi) is 4.32. The van der Waals surface area contributed by atoms with Gasteiger partial charge in [-0.05, 0) is 57.2 Å². The number of aromatic nitrogens is 1. The van der Waals surface area contributed by atoms with Crippen molar-refractivity contribution < 1.29 is 13.9 Å². The summed E-state index contributed by atoms with van der Waals surface area (Å²) in [5, 5.41) is 2.99. The van der Waals surface area contributed by atoms with Crippen molar-refractivity contribution in [3.05, 3.63) is 23.8 Å². The maximum Gasteiger partial charge on any atom is 0.328 e. The summed E-state index contributed by atoms with van der Waals surface area (Å²) in [7, 11) is 0. The summed E-state index contributed by atoms with van der Waals surface area (Å²) in [6.07, 6.45) is 5.54. The second-order valence-electron chi connectivity index (χ2n) is 6.05. The Bertz CT molecular complexity index is 659. The third-order valence-corrected chi connectivity index (χ3v) is 4.07. The largest absolute Gasteiger partial charge is 0.461 e. The molecule has 118 valence electrons. The van der Waals surface area contributed by atoms with Crippen molar-refractivity contribution in [1.29, 1.82) is 0 Å². The van der Waals surface area contributed by atoms with Crippen molar-refractivity contribution in [2.75, 3.05) is 5.32 Å². The van der Waals surface area contributed by atoms with Crippen LogP contribution in [0.15, 0.2) is 22.6 Å². The molecule has 0 aliphatic heterocycles. The molecule has 1 aromatic heterocycles. The molecule has 0 spiro atoms. The molecule has 1 saturated carbocycles. The van der Waals surface area contributed by atoms with E-state index in [1.165, 1.54) is 6.42 Å². The standard InChI is InChI=1S/C17H22N2O3/c1-11-8-9-15-14(10-11)19-17(22-15)18-12(2)16(20)21-13-6-4-3-5-7-13/h8-10,12-13H,3-7H2,1-2H3,(H,18,19)/t12-/m0/s1. The summed E-state index contributed by atoms with van der Waals surface area (Å²) < 4.78 is 11.2. The highest BCUT2D eigenvalue weighted by Crippen LogP contribution is 2.22. The molecular weight excluding hydrogens is 280 g/mol. The van der Waals surface area contributed by atoms with Gasteiger partial charge in [-0.15, -0.1) is 0 Å². The topological polar surface area (TPSA) is 64.4 Å². The van der Waals surface area contributed by atoms with Gasteiger partial charge in [0.2, 0.25) is 0 Å². The van der Waals surface area contributed by atoms with Crippen molar-refractivity contribution in [3.8, 4) is 0 Å². The molecule has 0 bridgehead atoms. The van der Waals surface area contributed by atoms with Gasteiger partial charge in [0.1, 0.15) is 17.7 Å². The monoisotopic (exact) mass is 302 g/mol. The van der Waals surface area contributed by atoms with Crippen LogP contribution >= 0.6 is 0 Å². The lowest BCUT2D eigenvalue weighted by atomic mass is 9.98. The van der Waals surface area contributed by atoms with E-state index in [2.05, 4.69) is 10.3 Å². The molecule has 2 aromatic rings. The molecule has 0 saturated heterocycles. The Labute approximate surface area is 130 Å². The lowest BCUT2D eigenvalue weighted by Gasteiger charge is -2.23. The number of nitrogens with one attached hydrogen (secondary N) is 1. The Morgan fingerprint density at radius 2 is 2.14 bits per heavy atom. The number of oxazole rings is 1. The Morgan fingerprint density at radius 1 is 1.36 bits per heavy atom. The fraction of sp³-hybridized carbons (Fsp3) is 0.529. The summed E-state index contributed by atoms with van der Waals surface area (Å²) in [5.41, 5.74) is 2.62. The maximum absolute atomic E-state index is 12.1. The summed E-state index contributed by atoms with van der Waals surface area (Å²) in [5.74, 6) is -0.245. The molecule has 5 nitrogen and oxygen atoms in total. The van der Waals surface area contributed by atoms with Gasteiger partial charge in [0, 0.05) is 0 Å². The Hall–Kier alpha value is -2.04. The lowest BCUT2D eigenvalue weighted by molar-refractivity contribution is -0.151. The number of nitrogens with zero attached hydrogens (tertiary/aromatic N) is 1. The minimum absolute atomic E-state index is 0.0665. The minimum atomic E-state index is -0.476. The highest BCUT2D eigenvalue weighted by atomic mass is 16.5. The Morgan fingerprint density at radius 3 is 2.91 bits per heavy atom. The number of ether oxygens (including phenoxy) is 1. The molecule has 1 fully saturated rings. The van der Waals surface area contributed by atoms with Gasteiger partial charge in [-0.2, -0.15) is 4.98 Å². The molecule has 0 amide bonds. The van der Waals surface area contributed by atoms with Crippen LogP contribution in [0.4, 0.5) is 6.01 Å². The number of rotatable bonds is 4. The number of carbonyl (C=O) groups excluding carboxylic acids is 1. The van der Waals surface area contributed by atoms with E-state index in [9.17, 15) is 4.79 Å². The van der Waals surface area contributed by atoms with Gasteiger partial charge in [-0.1, -0.05) is 12.5 Å². The van der Waals surface area contributed by atoms with Crippen molar-refractivity contribution in [3.63, 3.8) is 0 Å². The summed E-state index contributed by atoms with van der Waals surface area (Å²) in [6, 6.07) is 5.69. The van der Waals surface area contributed by atoms with Crippen molar-refractivity contribution >= 4 is 23.1 Å². The van der Waals surface area contributed by atoms with E-state index in [0.717, 1.165) is 36.8 Å². The van der Waals surface area contributed by atoms with Gasteiger partial charge in [0.25, 0.3) is 6.01 Å². The zero-order valence-corrected chi connectivity index (χ0v) is 13.1. The van der Waals surface area contributed by atoms with Crippen molar-refractivity contribution in [2.24, 2.45) is 0 Å². The number of anilines is 1. The van der Waals surface area contributed by atoms with Crippen LogP contribution in [0.2, 0.25) is 0 Å². The van der Waals surface area contributed by atoms with Crippen LogP contribution < -0.4 is 5.32 Å². The van der Waals surface area contributed by atoms with Crippen LogP contribution in [0.3, 0.4) is 0 Å². The second-order valence-corrected chi connectivity index (χ2v) is 6.05. The molecule has 3 rings (SSSR count). The van der Waals surface area contributed by atoms with E-state index in [1.807, 2.05) is 25.1 Å². The molecule has 1 N–H and O–H groups in total. The number of benzene rings is 1. The van der Waals surface area contributed by atoms with Crippen LogP contribution in [0.1, 0.15) is 44.6 Å². The van der Waals surface area contributed by atoms with E-state index in [0.29, 0.717) is 11.6 Å². The quantitative estimate of drug-likeness (QED) is 0.870. The number of aryl methyl sites for hydroxylation is 1. The zero-order chi connectivity index (χ0) is 15.5. The fourth-order valence-electron chi connectivity index (χ4n) is 2.79. The number of esters is 1. The molecule has 1 atom stereocenters. The fourth-order valence-corrected chi connectivity index (χ4v) is 2.79. The van der Waals surface area contributed by atoms with E-state index >= 15 is 0 Å². The van der Waals surface area contributed by atoms with E-state index < -0.39 is 6.04 Å². The summed E-state index contributed by atoms with van der Waals surface area (Å²) in [6.45, 7) is 3.77. The van der Waals surface area contributed by atoms with E-state index in [1.54, 1.807) is 6.92 Å². The molecular formula is C17H22N2O3. The first-order valence-corrected chi connectivity index (χ1v) is 7.96. The number of fused-ring (bicyclic) bond motifs is 1. The average Bonchev–Trinajstić information content (AvgIpc) is 2.89. The van der Waals surface area contributed by atoms with Gasteiger partial charge in [0.05, 0.1) is 0 Å². The van der Waals surface area contributed by atoms with Crippen LogP contribution in [0.25, 0.3) is 11.1 Å². The molecule has 1 heterocycles. The molecule has 5 heteroatoms. The summed E-state index contributed by atoms with van der Waals surface area (Å²) >= 11 is 0. The van der Waals surface area contributed by atoms with Gasteiger partial charge in [-0.25, -0.2) is 4.79 Å². The van der Waals surface area contributed by atoms with E-state index in [4.69, 9.17) is 9.15 Å². The molecule has 22 heavy (non-hydrogen) atoms. The SMILES string of the molecule is Cc1ccc2oc(N[C@@H](C)C(=O)OC3CCCCC3)nc2c1. The summed E-state index contributed by atoms with van der Waals surface area (Å²) in [4.78, 5) is 16.5. The molecule has 1 aliphatic carbocycles. The highest BCUT2D eigenvalue weighted by Gasteiger charge is 2.22. The first-order chi connectivity index (χ1) is 10.6. The predicted molar refractivity (Wildman–Crippen MR) is 84.8 cm³/mol. The molecule has 1 aliphatic rings. The first-order valence-electron chi connectivity index (χ1n) is 7.96. The molecule has 0 radical (unpaired) electrons. The van der Waals surface area contributed by atoms with Crippen LogP contribution in [-0.4, -0.2) is 23.1 Å². The molecule has 0 unspecified atom stereocenters. The number of carbonyl (C=O) groups is 1. The van der Waals surface area contributed by atoms with E-state index in [-0.39, 0.29) is 12.1 Å². The average molecular weight is 302 g/mol. The molecule has 1 aromatic carbocycles. The third kappa shape index (κ3) is 3.40. The van der Waals surface area contributed by atoms with Gasteiger partial charge in [0.15, 0.2) is 5.58 Å². The predicted octanol–water partition coefficient (Wildman–Crippen LogP) is 3.81. The van der Waals surface area contributed by atoms with Crippen LogP contribution in [0, 0.1) is 6.92 Å². The number of hydrogen-bond donors (Lipinski definition) is 1. The van der Waals surface area contributed by atoms with Gasteiger partial charge >= 0.3 is 5.97 Å². The third-order valence-electron chi connectivity index (χ3n) is 4.07. The van der Waals surface area contributed by atoms with Crippen LogP contribution in [-0.2, 0) is 9.53 Å². The maximum atomic E-state index is 12.1. The minimum Gasteiger partial charge on any atom is -0.461 e. The normalized spacial score (nSPS) is 17.4. The van der Waals surface area contributed by atoms with Crippen molar-refractivity contribution in [2.45, 2.75) is 58.1 Å².